The highest BCUT2D eigenvalue weighted by atomic mass is 16.5. The van der Waals surface area contributed by atoms with Gasteiger partial charge in [-0.25, -0.2) is 0 Å². The van der Waals surface area contributed by atoms with E-state index in [1.165, 1.54) is 22.3 Å². The SMILES string of the molecule is Cc1ccc(C)c(OCc2ccccc2C2(C)C=CC=CC2C)c1. The van der Waals surface area contributed by atoms with Gasteiger partial charge in [0.05, 0.1) is 0 Å². The molecule has 1 heteroatoms. The smallest absolute Gasteiger partial charge is 0.122 e. The van der Waals surface area contributed by atoms with E-state index in [-0.39, 0.29) is 5.41 Å². The van der Waals surface area contributed by atoms with Crippen LogP contribution in [0.4, 0.5) is 0 Å². The maximum Gasteiger partial charge on any atom is 0.122 e. The molecule has 2 unspecified atom stereocenters. The average Bonchev–Trinajstić information content (AvgIpc) is 2.59. The Morgan fingerprint density at radius 3 is 2.62 bits per heavy atom. The van der Waals surface area contributed by atoms with Gasteiger partial charge < -0.3 is 4.74 Å². The second-order valence-corrected chi connectivity index (χ2v) is 7.03. The van der Waals surface area contributed by atoms with Crippen molar-refractivity contribution in [3.8, 4) is 5.75 Å². The molecule has 0 radical (unpaired) electrons. The van der Waals surface area contributed by atoms with Gasteiger partial charge in [-0.3, -0.25) is 0 Å². The van der Waals surface area contributed by atoms with E-state index in [2.05, 4.69) is 94.5 Å². The maximum absolute atomic E-state index is 6.17. The summed E-state index contributed by atoms with van der Waals surface area (Å²) in [5.41, 5.74) is 5.02. The molecule has 1 aliphatic carbocycles. The molecule has 0 aliphatic heterocycles. The summed E-state index contributed by atoms with van der Waals surface area (Å²) in [6, 6.07) is 15.0. The van der Waals surface area contributed by atoms with Crippen molar-refractivity contribution < 1.29 is 4.74 Å². The van der Waals surface area contributed by atoms with E-state index < -0.39 is 0 Å². The van der Waals surface area contributed by atoms with Gasteiger partial charge in [0.15, 0.2) is 0 Å². The molecule has 0 heterocycles. The van der Waals surface area contributed by atoms with Gasteiger partial charge in [0.2, 0.25) is 0 Å². The first-order chi connectivity index (χ1) is 11.5. The molecule has 0 saturated carbocycles. The Morgan fingerprint density at radius 1 is 1.04 bits per heavy atom. The molecule has 3 rings (SSSR count). The molecule has 2 aromatic rings. The summed E-state index contributed by atoms with van der Waals surface area (Å²) in [4.78, 5) is 0. The van der Waals surface area contributed by atoms with Crippen LogP contribution in [0.25, 0.3) is 0 Å². The first-order valence-corrected chi connectivity index (χ1v) is 8.65. The highest BCUT2D eigenvalue weighted by Gasteiger charge is 2.32. The lowest BCUT2D eigenvalue weighted by Gasteiger charge is -2.35. The Kier molecular flexibility index (Phi) is 4.62. The lowest BCUT2D eigenvalue weighted by molar-refractivity contribution is 0.299. The number of benzene rings is 2. The largest absolute Gasteiger partial charge is 0.489 e. The predicted octanol–water partition coefficient (Wildman–Crippen LogP) is 5.90. The van der Waals surface area contributed by atoms with Crippen LogP contribution < -0.4 is 4.74 Å². The van der Waals surface area contributed by atoms with Gasteiger partial charge in [-0.15, -0.1) is 0 Å². The molecule has 0 fully saturated rings. The summed E-state index contributed by atoms with van der Waals surface area (Å²) >= 11 is 0. The minimum absolute atomic E-state index is 0.0103. The van der Waals surface area contributed by atoms with Gasteiger partial charge in [0, 0.05) is 5.41 Å². The van der Waals surface area contributed by atoms with Crippen LogP contribution in [0.3, 0.4) is 0 Å². The summed E-state index contributed by atoms with van der Waals surface area (Å²) < 4.78 is 6.17. The molecule has 0 bridgehead atoms. The van der Waals surface area contributed by atoms with Crippen LogP contribution in [0.1, 0.15) is 36.1 Å². The number of hydrogen-bond donors (Lipinski definition) is 0. The molecule has 124 valence electrons. The fourth-order valence-corrected chi connectivity index (χ4v) is 3.36. The zero-order valence-electron chi connectivity index (χ0n) is 15.0. The van der Waals surface area contributed by atoms with Crippen molar-refractivity contribution in [2.45, 2.75) is 39.7 Å². The molecule has 2 aromatic carbocycles. The number of allylic oxidation sites excluding steroid dienone is 4. The van der Waals surface area contributed by atoms with E-state index >= 15 is 0 Å². The predicted molar refractivity (Wildman–Crippen MR) is 101 cm³/mol. The van der Waals surface area contributed by atoms with E-state index in [1.807, 2.05) is 0 Å². The van der Waals surface area contributed by atoms with E-state index in [0.29, 0.717) is 12.5 Å². The molecule has 0 spiro atoms. The second-order valence-electron chi connectivity index (χ2n) is 7.03. The number of ether oxygens (including phenoxy) is 1. The van der Waals surface area contributed by atoms with Crippen LogP contribution >= 0.6 is 0 Å². The summed E-state index contributed by atoms with van der Waals surface area (Å²) in [6.07, 6.45) is 8.89. The number of rotatable bonds is 4. The van der Waals surface area contributed by atoms with Crippen molar-refractivity contribution >= 4 is 0 Å². The molecule has 24 heavy (non-hydrogen) atoms. The average molecular weight is 318 g/mol. The van der Waals surface area contributed by atoms with Gasteiger partial charge >= 0.3 is 0 Å². The minimum atomic E-state index is 0.0103. The molecule has 1 nitrogen and oxygen atoms in total. The highest BCUT2D eigenvalue weighted by Crippen LogP contribution is 2.38. The van der Waals surface area contributed by atoms with Crippen molar-refractivity contribution in [3.05, 3.63) is 89.0 Å². The maximum atomic E-state index is 6.17. The molecule has 0 amide bonds. The molecular formula is C23H26O. The molecule has 0 aromatic heterocycles. The summed E-state index contributed by atoms with van der Waals surface area (Å²) in [5.74, 6) is 1.44. The van der Waals surface area contributed by atoms with Crippen LogP contribution in [-0.4, -0.2) is 0 Å². The third kappa shape index (κ3) is 3.17. The van der Waals surface area contributed by atoms with Gasteiger partial charge in [0.25, 0.3) is 0 Å². The Balaban J connectivity index is 1.89. The van der Waals surface area contributed by atoms with Crippen LogP contribution in [-0.2, 0) is 12.0 Å². The highest BCUT2D eigenvalue weighted by molar-refractivity contribution is 5.42. The minimum Gasteiger partial charge on any atom is -0.489 e. The fourth-order valence-electron chi connectivity index (χ4n) is 3.36. The van der Waals surface area contributed by atoms with Crippen molar-refractivity contribution in [2.75, 3.05) is 0 Å². The van der Waals surface area contributed by atoms with Gasteiger partial charge in [-0.05, 0) is 48.1 Å². The van der Waals surface area contributed by atoms with Crippen LogP contribution in [0.15, 0.2) is 66.8 Å². The van der Waals surface area contributed by atoms with E-state index in [9.17, 15) is 0 Å². The second kappa shape index (κ2) is 6.68. The Bertz CT molecular complexity index is 784. The Labute approximate surface area is 145 Å². The lowest BCUT2D eigenvalue weighted by atomic mass is 9.69. The Hall–Kier alpha value is -2.28. The van der Waals surface area contributed by atoms with Gasteiger partial charge in [-0.2, -0.15) is 0 Å². The standard InChI is InChI=1S/C23H26O/c1-17-12-13-18(2)22(15-17)24-16-20-10-5-6-11-21(20)23(4)14-8-7-9-19(23)3/h5-15,19H,16H2,1-4H3. The summed E-state index contributed by atoms with van der Waals surface area (Å²) in [5, 5.41) is 0. The van der Waals surface area contributed by atoms with Crippen molar-refractivity contribution in [2.24, 2.45) is 5.92 Å². The third-order valence-corrected chi connectivity index (χ3v) is 5.22. The first-order valence-electron chi connectivity index (χ1n) is 8.65. The van der Waals surface area contributed by atoms with Gasteiger partial charge in [0.1, 0.15) is 12.4 Å². The van der Waals surface area contributed by atoms with E-state index in [1.54, 1.807) is 0 Å². The Morgan fingerprint density at radius 2 is 1.83 bits per heavy atom. The molecule has 1 aliphatic rings. The van der Waals surface area contributed by atoms with E-state index in [0.717, 1.165) is 5.75 Å². The van der Waals surface area contributed by atoms with Crippen LogP contribution in [0.2, 0.25) is 0 Å². The molecule has 0 saturated heterocycles. The normalized spacial score (nSPS) is 22.6. The first kappa shape index (κ1) is 16.6. The molecule has 2 atom stereocenters. The lowest BCUT2D eigenvalue weighted by Crippen LogP contribution is -2.29. The zero-order valence-corrected chi connectivity index (χ0v) is 15.0. The topological polar surface area (TPSA) is 9.23 Å². The fraction of sp³-hybridized carbons (Fsp3) is 0.304. The van der Waals surface area contributed by atoms with Crippen molar-refractivity contribution in [1.82, 2.24) is 0 Å². The van der Waals surface area contributed by atoms with Crippen molar-refractivity contribution in [3.63, 3.8) is 0 Å². The monoisotopic (exact) mass is 318 g/mol. The van der Waals surface area contributed by atoms with E-state index in [4.69, 9.17) is 4.74 Å². The summed E-state index contributed by atoms with van der Waals surface area (Å²) in [7, 11) is 0. The van der Waals surface area contributed by atoms with Crippen molar-refractivity contribution in [1.29, 1.82) is 0 Å². The number of aryl methyl sites for hydroxylation is 2. The quantitative estimate of drug-likeness (QED) is 0.681. The third-order valence-electron chi connectivity index (χ3n) is 5.22. The molecular weight excluding hydrogens is 292 g/mol. The zero-order chi connectivity index (χ0) is 17.2. The number of hydrogen-bond acceptors (Lipinski definition) is 1. The molecule has 0 N–H and O–H groups in total. The summed E-state index contributed by atoms with van der Waals surface area (Å²) in [6.45, 7) is 9.39. The van der Waals surface area contributed by atoms with Gasteiger partial charge in [-0.1, -0.05) is 74.5 Å². The van der Waals surface area contributed by atoms with Crippen LogP contribution in [0.5, 0.6) is 5.75 Å². The van der Waals surface area contributed by atoms with Crippen LogP contribution in [0, 0.1) is 19.8 Å².